The molecule has 86 valence electrons. The Bertz CT molecular complexity index is 369. The summed E-state index contributed by atoms with van der Waals surface area (Å²) in [6, 6.07) is 7.64. The maximum absolute atomic E-state index is 9.01. The predicted molar refractivity (Wildman–Crippen MR) is 62.3 cm³/mol. The van der Waals surface area contributed by atoms with E-state index in [1.165, 1.54) is 0 Å². The van der Waals surface area contributed by atoms with E-state index in [2.05, 4.69) is 13.0 Å². The molecule has 0 heterocycles. The van der Waals surface area contributed by atoms with Crippen LogP contribution < -0.4 is 4.74 Å². The van der Waals surface area contributed by atoms with Crippen molar-refractivity contribution in [2.24, 2.45) is 0 Å². The molecule has 3 heteroatoms. The van der Waals surface area contributed by atoms with Crippen LogP contribution in [0, 0.1) is 11.3 Å². The second-order valence-corrected chi connectivity index (χ2v) is 3.57. The molecule has 0 saturated carbocycles. The predicted octanol–water partition coefficient (Wildman–Crippen LogP) is 2.27. The maximum atomic E-state index is 9.01. The summed E-state index contributed by atoms with van der Waals surface area (Å²) in [5, 5.41) is 17.7. The highest BCUT2D eigenvalue weighted by molar-refractivity contribution is 5.46. The average Bonchev–Trinajstić information content (AvgIpc) is 2.33. The molecule has 0 radical (unpaired) electrons. The number of aliphatic hydroxyl groups excluding tert-OH is 1. The SMILES string of the molecule is CCCCc1c(C#N)cccc1OCCO. The molecule has 0 saturated heterocycles. The van der Waals surface area contributed by atoms with E-state index in [1.807, 2.05) is 6.07 Å². The minimum atomic E-state index is -0.00992. The zero-order chi connectivity index (χ0) is 11.8. The molecule has 3 nitrogen and oxygen atoms in total. The molecule has 0 atom stereocenters. The van der Waals surface area contributed by atoms with Crippen molar-refractivity contribution in [1.29, 1.82) is 5.26 Å². The van der Waals surface area contributed by atoms with Crippen LogP contribution in [0.4, 0.5) is 0 Å². The van der Waals surface area contributed by atoms with E-state index in [9.17, 15) is 0 Å². The van der Waals surface area contributed by atoms with Crippen molar-refractivity contribution >= 4 is 0 Å². The van der Waals surface area contributed by atoms with Crippen LogP contribution in [-0.4, -0.2) is 18.3 Å². The number of hydrogen-bond acceptors (Lipinski definition) is 3. The molecule has 1 rings (SSSR count). The zero-order valence-corrected chi connectivity index (χ0v) is 9.57. The van der Waals surface area contributed by atoms with Crippen LogP contribution in [0.15, 0.2) is 18.2 Å². The monoisotopic (exact) mass is 219 g/mol. The first-order valence-corrected chi connectivity index (χ1v) is 5.59. The second kappa shape index (κ2) is 6.86. The van der Waals surface area contributed by atoms with Crippen molar-refractivity contribution in [3.63, 3.8) is 0 Å². The fourth-order valence-corrected chi connectivity index (χ4v) is 1.57. The van der Waals surface area contributed by atoms with Crippen LogP contribution in [0.1, 0.15) is 30.9 Å². The fourth-order valence-electron chi connectivity index (χ4n) is 1.57. The van der Waals surface area contributed by atoms with Crippen LogP contribution in [-0.2, 0) is 6.42 Å². The molecule has 0 spiro atoms. The maximum Gasteiger partial charge on any atom is 0.123 e. The molecule has 1 N–H and O–H groups in total. The summed E-state index contributed by atoms with van der Waals surface area (Å²) in [5.74, 6) is 0.724. The van der Waals surface area contributed by atoms with Crippen molar-refractivity contribution in [3.05, 3.63) is 29.3 Å². The average molecular weight is 219 g/mol. The lowest BCUT2D eigenvalue weighted by Crippen LogP contribution is -2.05. The smallest absolute Gasteiger partial charge is 0.123 e. The van der Waals surface area contributed by atoms with Crippen LogP contribution in [0.5, 0.6) is 5.75 Å². The van der Waals surface area contributed by atoms with Gasteiger partial charge in [0.05, 0.1) is 18.2 Å². The van der Waals surface area contributed by atoms with Gasteiger partial charge in [0.25, 0.3) is 0 Å². The van der Waals surface area contributed by atoms with E-state index in [0.717, 1.165) is 30.6 Å². The van der Waals surface area contributed by atoms with Gasteiger partial charge < -0.3 is 9.84 Å². The Labute approximate surface area is 96.3 Å². The molecule has 1 aromatic rings. The van der Waals surface area contributed by atoms with Crippen LogP contribution in [0.25, 0.3) is 0 Å². The summed E-state index contributed by atoms with van der Waals surface area (Å²) < 4.78 is 5.42. The number of benzene rings is 1. The lowest BCUT2D eigenvalue weighted by atomic mass is 10.0. The first-order chi connectivity index (χ1) is 7.83. The van der Waals surface area contributed by atoms with Gasteiger partial charge in [-0.15, -0.1) is 0 Å². The topological polar surface area (TPSA) is 53.2 Å². The summed E-state index contributed by atoms with van der Waals surface area (Å²) in [5.41, 5.74) is 1.63. The number of rotatable bonds is 6. The number of hydrogen-bond donors (Lipinski definition) is 1. The van der Waals surface area contributed by atoms with Crippen LogP contribution >= 0.6 is 0 Å². The third-order valence-electron chi connectivity index (χ3n) is 2.38. The van der Waals surface area contributed by atoms with Gasteiger partial charge in [-0.05, 0) is 25.0 Å². The van der Waals surface area contributed by atoms with Crippen molar-refractivity contribution in [2.45, 2.75) is 26.2 Å². The molecule has 16 heavy (non-hydrogen) atoms. The van der Waals surface area contributed by atoms with E-state index >= 15 is 0 Å². The number of ether oxygens (including phenoxy) is 1. The summed E-state index contributed by atoms with van der Waals surface area (Å²) in [6.45, 7) is 2.38. The molecular formula is C13H17NO2. The molecule has 0 aliphatic rings. The second-order valence-electron chi connectivity index (χ2n) is 3.57. The Morgan fingerprint density at radius 2 is 2.25 bits per heavy atom. The van der Waals surface area contributed by atoms with E-state index in [-0.39, 0.29) is 13.2 Å². The van der Waals surface area contributed by atoms with E-state index in [4.69, 9.17) is 15.1 Å². The third-order valence-corrected chi connectivity index (χ3v) is 2.38. The van der Waals surface area contributed by atoms with Crippen molar-refractivity contribution in [1.82, 2.24) is 0 Å². The number of nitriles is 1. The Morgan fingerprint density at radius 1 is 1.44 bits per heavy atom. The Kier molecular flexibility index (Phi) is 5.38. The normalized spacial score (nSPS) is 9.81. The van der Waals surface area contributed by atoms with Gasteiger partial charge >= 0.3 is 0 Å². The molecule has 0 aliphatic carbocycles. The minimum absolute atomic E-state index is 0.00992. The third kappa shape index (κ3) is 3.25. The summed E-state index contributed by atoms with van der Waals surface area (Å²) in [7, 11) is 0. The molecule has 0 aromatic heterocycles. The molecule has 0 amide bonds. The summed E-state index contributed by atoms with van der Waals surface area (Å²) >= 11 is 0. The number of aliphatic hydroxyl groups is 1. The first-order valence-electron chi connectivity index (χ1n) is 5.59. The standard InChI is InChI=1S/C13H17NO2/c1-2-3-6-12-11(10-14)5-4-7-13(12)16-9-8-15/h4-5,7,15H,2-3,6,8-9H2,1H3. The Hall–Kier alpha value is -1.53. The van der Waals surface area contributed by atoms with Gasteiger partial charge in [0.2, 0.25) is 0 Å². The lowest BCUT2D eigenvalue weighted by molar-refractivity contribution is 0.200. The number of unbranched alkanes of at least 4 members (excludes halogenated alkanes) is 1. The summed E-state index contributed by atoms with van der Waals surface area (Å²) in [6.07, 6.45) is 2.97. The van der Waals surface area contributed by atoms with Gasteiger partial charge in [-0.1, -0.05) is 19.4 Å². The van der Waals surface area contributed by atoms with Crippen molar-refractivity contribution in [3.8, 4) is 11.8 Å². The lowest BCUT2D eigenvalue weighted by Gasteiger charge is -2.11. The largest absolute Gasteiger partial charge is 0.491 e. The number of nitrogens with zero attached hydrogens (tertiary/aromatic N) is 1. The zero-order valence-electron chi connectivity index (χ0n) is 9.57. The Balaban J connectivity index is 2.91. The van der Waals surface area contributed by atoms with E-state index in [1.54, 1.807) is 12.1 Å². The molecule has 0 fully saturated rings. The molecule has 0 aliphatic heterocycles. The quantitative estimate of drug-likeness (QED) is 0.798. The minimum Gasteiger partial charge on any atom is -0.491 e. The van der Waals surface area contributed by atoms with Crippen LogP contribution in [0.2, 0.25) is 0 Å². The first kappa shape index (κ1) is 12.5. The van der Waals surface area contributed by atoms with Gasteiger partial charge in [0.15, 0.2) is 0 Å². The van der Waals surface area contributed by atoms with Crippen molar-refractivity contribution < 1.29 is 9.84 Å². The highest BCUT2D eigenvalue weighted by atomic mass is 16.5. The molecule has 0 unspecified atom stereocenters. The molecular weight excluding hydrogens is 202 g/mol. The highest BCUT2D eigenvalue weighted by Crippen LogP contribution is 2.24. The highest BCUT2D eigenvalue weighted by Gasteiger charge is 2.08. The Morgan fingerprint density at radius 3 is 2.88 bits per heavy atom. The fraction of sp³-hybridized carbons (Fsp3) is 0.462. The van der Waals surface area contributed by atoms with Crippen LogP contribution in [0.3, 0.4) is 0 Å². The van der Waals surface area contributed by atoms with Gasteiger partial charge in [-0.25, -0.2) is 0 Å². The van der Waals surface area contributed by atoms with E-state index in [0.29, 0.717) is 5.56 Å². The molecule has 1 aromatic carbocycles. The summed E-state index contributed by atoms with van der Waals surface area (Å²) in [4.78, 5) is 0. The van der Waals surface area contributed by atoms with Gasteiger partial charge in [-0.2, -0.15) is 5.26 Å². The van der Waals surface area contributed by atoms with E-state index < -0.39 is 0 Å². The molecule has 0 bridgehead atoms. The van der Waals surface area contributed by atoms with Crippen molar-refractivity contribution in [2.75, 3.05) is 13.2 Å². The van der Waals surface area contributed by atoms with Gasteiger partial charge in [-0.3, -0.25) is 0 Å². The van der Waals surface area contributed by atoms with Gasteiger partial charge in [0.1, 0.15) is 12.4 Å². The van der Waals surface area contributed by atoms with Gasteiger partial charge in [0, 0.05) is 5.56 Å².